The minimum absolute atomic E-state index is 0.243. The third-order valence-electron chi connectivity index (χ3n) is 3.53. The minimum Gasteiger partial charge on any atom is -0.450 e. The van der Waals surface area contributed by atoms with Crippen LogP contribution in [-0.2, 0) is 4.74 Å². The largest absolute Gasteiger partial charge is 0.450 e. The van der Waals surface area contributed by atoms with Crippen molar-refractivity contribution in [2.24, 2.45) is 0 Å². The maximum Gasteiger partial charge on any atom is 0.407 e. The molecule has 1 N–H and O–H groups in total. The normalized spacial score (nSPS) is 10.5. The Kier molecular flexibility index (Phi) is 15.7. The van der Waals surface area contributed by atoms with Crippen molar-refractivity contribution in [3.8, 4) is 0 Å². The molecule has 3 heteroatoms. The Morgan fingerprint density at radius 3 is 1.85 bits per heavy atom. The molecule has 0 aromatic carbocycles. The lowest BCUT2D eigenvalue weighted by atomic mass is 10.1. The van der Waals surface area contributed by atoms with E-state index in [1.54, 1.807) is 0 Å². The van der Waals surface area contributed by atoms with Crippen molar-refractivity contribution in [1.29, 1.82) is 0 Å². The smallest absolute Gasteiger partial charge is 0.407 e. The first kappa shape index (κ1) is 19.3. The number of nitrogens with one attached hydrogen (secondary N) is 1. The lowest BCUT2D eigenvalue weighted by molar-refractivity contribution is 0.143. The summed E-state index contributed by atoms with van der Waals surface area (Å²) in [6.07, 6.45) is 14.6. The summed E-state index contributed by atoms with van der Waals surface area (Å²) in [5.41, 5.74) is 0. The number of carbonyl (C=O) groups excluding carboxylic acids is 1. The standard InChI is InChI=1S/C17H35NO2/c1-3-5-7-9-11-13-15-18-17(19)20-16-14-12-10-8-6-4-2/h3-16H2,1-2H3,(H,18,19). The second-order valence-electron chi connectivity index (χ2n) is 5.60. The summed E-state index contributed by atoms with van der Waals surface area (Å²) < 4.78 is 5.14. The van der Waals surface area contributed by atoms with Crippen molar-refractivity contribution in [2.75, 3.05) is 13.2 Å². The van der Waals surface area contributed by atoms with Crippen LogP contribution in [0.15, 0.2) is 0 Å². The second kappa shape index (κ2) is 16.3. The quantitative estimate of drug-likeness (QED) is 0.432. The van der Waals surface area contributed by atoms with Gasteiger partial charge in [0, 0.05) is 6.54 Å². The van der Waals surface area contributed by atoms with Gasteiger partial charge in [0.25, 0.3) is 0 Å². The molecule has 20 heavy (non-hydrogen) atoms. The number of carbonyl (C=O) groups is 1. The zero-order chi connectivity index (χ0) is 14.9. The number of hydrogen-bond donors (Lipinski definition) is 1. The van der Waals surface area contributed by atoms with Gasteiger partial charge in [-0.1, -0.05) is 78.1 Å². The topological polar surface area (TPSA) is 38.3 Å². The van der Waals surface area contributed by atoms with Crippen LogP contribution in [0.25, 0.3) is 0 Å². The first-order valence-electron chi connectivity index (χ1n) is 8.71. The van der Waals surface area contributed by atoms with E-state index < -0.39 is 0 Å². The third-order valence-corrected chi connectivity index (χ3v) is 3.53. The van der Waals surface area contributed by atoms with E-state index in [0.29, 0.717) is 6.61 Å². The molecule has 0 aromatic heterocycles. The molecule has 0 radical (unpaired) electrons. The van der Waals surface area contributed by atoms with E-state index in [9.17, 15) is 4.79 Å². The fourth-order valence-electron chi connectivity index (χ4n) is 2.19. The maximum atomic E-state index is 11.4. The molecule has 0 spiro atoms. The van der Waals surface area contributed by atoms with Crippen LogP contribution in [0.5, 0.6) is 0 Å². The molecule has 0 fully saturated rings. The average Bonchev–Trinajstić information content (AvgIpc) is 2.45. The number of rotatable bonds is 14. The van der Waals surface area contributed by atoms with Crippen LogP contribution >= 0.6 is 0 Å². The van der Waals surface area contributed by atoms with E-state index in [0.717, 1.165) is 19.4 Å². The number of amides is 1. The Bertz CT molecular complexity index is 187. The zero-order valence-corrected chi connectivity index (χ0v) is 13.7. The highest BCUT2D eigenvalue weighted by Gasteiger charge is 2.00. The van der Waals surface area contributed by atoms with Crippen molar-refractivity contribution in [3.05, 3.63) is 0 Å². The van der Waals surface area contributed by atoms with Crippen molar-refractivity contribution < 1.29 is 9.53 Å². The van der Waals surface area contributed by atoms with Gasteiger partial charge >= 0.3 is 6.09 Å². The molecule has 0 aliphatic heterocycles. The van der Waals surface area contributed by atoms with E-state index in [1.165, 1.54) is 64.2 Å². The van der Waals surface area contributed by atoms with Crippen LogP contribution in [0.2, 0.25) is 0 Å². The van der Waals surface area contributed by atoms with Gasteiger partial charge in [0.1, 0.15) is 0 Å². The molecule has 0 aromatic rings. The summed E-state index contributed by atoms with van der Waals surface area (Å²) >= 11 is 0. The number of unbranched alkanes of at least 4 members (excludes halogenated alkanes) is 10. The average molecular weight is 285 g/mol. The molecule has 0 aliphatic carbocycles. The zero-order valence-electron chi connectivity index (χ0n) is 13.7. The maximum absolute atomic E-state index is 11.4. The molecular weight excluding hydrogens is 250 g/mol. The van der Waals surface area contributed by atoms with Crippen molar-refractivity contribution in [3.63, 3.8) is 0 Å². The molecule has 3 nitrogen and oxygen atoms in total. The summed E-state index contributed by atoms with van der Waals surface area (Å²) in [6, 6.07) is 0. The Morgan fingerprint density at radius 2 is 1.25 bits per heavy atom. The van der Waals surface area contributed by atoms with Gasteiger partial charge in [0.15, 0.2) is 0 Å². The minimum atomic E-state index is -0.243. The van der Waals surface area contributed by atoms with Gasteiger partial charge in [-0.2, -0.15) is 0 Å². The Balaban J connectivity index is 3.13. The molecule has 0 saturated carbocycles. The summed E-state index contributed by atoms with van der Waals surface area (Å²) in [5.74, 6) is 0. The van der Waals surface area contributed by atoms with Gasteiger partial charge in [-0.05, 0) is 12.8 Å². The highest BCUT2D eigenvalue weighted by Crippen LogP contribution is 2.05. The van der Waals surface area contributed by atoms with Crippen LogP contribution in [-0.4, -0.2) is 19.2 Å². The SMILES string of the molecule is CCCCCCCCNC(=O)OCCCCCCCC. The first-order chi connectivity index (χ1) is 9.81. The van der Waals surface area contributed by atoms with E-state index in [1.807, 2.05) is 0 Å². The third kappa shape index (κ3) is 15.3. The molecule has 0 aliphatic rings. The van der Waals surface area contributed by atoms with Crippen LogP contribution in [0.1, 0.15) is 90.9 Å². The van der Waals surface area contributed by atoms with Crippen molar-refractivity contribution >= 4 is 6.09 Å². The Labute approximate surface area is 125 Å². The molecule has 0 saturated heterocycles. The molecule has 0 atom stereocenters. The van der Waals surface area contributed by atoms with E-state index in [-0.39, 0.29) is 6.09 Å². The molecule has 0 unspecified atom stereocenters. The van der Waals surface area contributed by atoms with Gasteiger partial charge in [0.2, 0.25) is 0 Å². The van der Waals surface area contributed by atoms with E-state index in [2.05, 4.69) is 19.2 Å². The van der Waals surface area contributed by atoms with Crippen LogP contribution in [0, 0.1) is 0 Å². The number of ether oxygens (including phenoxy) is 1. The van der Waals surface area contributed by atoms with Gasteiger partial charge in [-0.25, -0.2) is 4.79 Å². The highest BCUT2D eigenvalue weighted by molar-refractivity contribution is 5.66. The molecule has 1 amide bonds. The molecule has 120 valence electrons. The Hall–Kier alpha value is -0.730. The van der Waals surface area contributed by atoms with E-state index >= 15 is 0 Å². The predicted octanol–water partition coefficient (Wildman–Crippen LogP) is 5.43. The molecular formula is C17H35NO2. The second-order valence-corrected chi connectivity index (χ2v) is 5.60. The van der Waals surface area contributed by atoms with E-state index in [4.69, 9.17) is 4.74 Å². The van der Waals surface area contributed by atoms with Gasteiger partial charge in [0.05, 0.1) is 6.61 Å². The van der Waals surface area contributed by atoms with Crippen LogP contribution < -0.4 is 5.32 Å². The van der Waals surface area contributed by atoms with Crippen molar-refractivity contribution in [2.45, 2.75) is 90.9 Å². The Morgan fingerprint density at radius 1 is 0.750 bits per heavy atom. The lowest BCUT2D eigenvalue weighted by Gasteiger charge is -2.07. The van der Waals surface area contributed by atoms with Crippen molar-refractivity contribution in [1.82, 2.24) is 5.32 Å². The predicted molar refractivity (Wildman–Crippen MR) is 86.1 cm³/mol. The number of alkyl carbamates (subject to hydrolysis) is 1. The monoisotopic (exact) mass is 285 g/mol. The van der Waals surface area contributed by atoms with Gasteiger partial charge < -0.3 is 10.1 Å². The summed E-state index contributed by atoms with van der Waals surface area (Å²) in [7, 11) is 0. The molecule has 0 bridgehead atoms. The van der Waals surface area contributed by atoms with Crippen LogP contribution in [0.3, 0.4) is 0 Å². The molecule has 0 rings (SSSR count). The fraction of sp³-hybridized carbons (Fsp3) is 0.941. The van der Waals surface area contributed by atoms with Gasteiger partial charge in [-0.15, -0.1) is 0 Å². The summed E-state index contributed by atoms with van der Waals surface area (Å²) in [4.78, 5) is 11.4. The fourth-order valence-corrected chi connectivity index (χ4v) is 2.19. The summed E-state index contributed by atoms with van der Waals surface area (Å²) in [5, 5.41) is 2.82. The van der Waals surface area contributed by atoms with Crippen LogP contribution in [0.4, 0.5) is 4.79 Å². The number of hydrogen-bond acceptors (Lipinski definition) is 2. The van der Waals surface area contributed by atoms with Gasteiger partial charge in [-0.3, -0.25) is 0 Å². The first-order valence-corrected chi connectivity index (χ1v) is 8.71. The summed E-state index contributed by atoms with van der Waals surface area (Å²) in [6.45, 7) is 5.76. The molecule has 0 heterocycles. The lowest BCUT2D eigenvalue weighted by Crippen LogP contribution is -2.25. The highest BCUT2D eigenvalue weighted by atomic mass is 16.5.